The molecule has 346 valence electrons. The summed E-state index contributed by atoms with van der Waals surface area (Å²) < 4.78 is 55.3. The Bertz CT molecular complexity index is 2640. The van der Waals surface area contributed by atoms with Gasteiger partial charge in [0.05, 0.1) is 48.9 Å². The summed E-state index contributed by atoms with van der Waals surface area (Å²) in [5.41, 5.74) is 0.881. The van der Waals surface area contributed by atoms with E-state index in [2.05, 4.69) is 46.7 Å². The summed E-state index contributed by atoms with van der Waals surface area (Å²) in [6.45, 7) is 7.42. The van der Waals surface area contributed by atoms with Crippen molar-refractivity contribution in [1.82, 2.24) is 29.5 Å². The molecule has 7 heterocycles. The summed E-state index contributed by atoms with van der Waals surface area (Å²) in [6.07, 6.45) is 4.60. The average molecular weight is 974 g/mol. The van der Waals surface area contributed by atoms with Crippen LogP contribution in [0.1, 0.15) is 27.7 Å². The molecule has 2 amide bonds. The minimum atomic E-state index is -0.806. The Kier molecular flexibility index (Phi) is 14.4. The maximum atomic E-state index is 14.7. The standard InChI is InChI=1S/C19H18FN5O3.C16H21BFNO5.C9H9BrN4/c1-24-7-6-18(23-24)22-17-5-2-12(9-21-17)15-4-3-13(8-16(15)20)25-10-14(11-26)28-19(25)27;1-15(2)16(3,4)24-17(23-15)12-6-5-10(7-13(12)18)19-8-11(9-20)22-14(19)21;1-14-5-4-9(13-14)12-8-3-2-7(10)6-11-8/h2-9,14,26H,10-11H2,1H3,(H,21,22,23);5-7,11,20H,8-9H2,1-4H3;2-6H,1H3,(H,11,12,13)/t14-;11-;/m11./s1. The molecule has 2 aromatic carbocycles. The van der Waals surface area contributed by atoms with Gasteiger partial charge in [-0.2, -0.15) is 10.2 Å². The predicted molar refractivity (Wildman–Crippen MR) is 246 cm³/mol. The SMILES string of the molecule is CC1(C)OB(c2ccc(N3C[C@H](CO)OC3=O)cc2F)OC1(C)C.Cn1ccc(Nc2ccc(-c3ccc(N4C[C@H](CO)OC4=O)cc3F)cn2)n1.Cn1ccc(Nc2ccc(Br)cn2)n1. The predicted octanol–water partition coefficient (Wildman–Crippen LogP) is 6.45. The Morgan fingerprint density at radius 2 is 1.20 bits per heavy atom. The molecular weight excluding hydrogens is 925 g/mol. The van der Waals surface area contributed by atoms with E-state index in [0.717, 1.165) is 16.1 Å². The zero-order valence-corrected chi connectivity index (χ0v) is 38.4. The number of rotatable bonds is 10. The summed E-state index contributed by atoms with van der Waals surface area (Å²) in [7, 11) is 2.89. The number of pyridine rings is 2. The number of hydrogen-bond donors (Lipinski definition) is 4. The van der Waals surface area contributed by atoms with Gasteiger partial charge in [-0.15, -0.1) is 0 Å². The number of aryl methyl sites for hydroxylation is 2. The minimum Gasteiger partial charge on any atom is -0.441 e. The van der Waals surface area contributed by atoms with Gasteiger partial charge in [0, 0.05) is 72.1 Å². The lowest BCUT2D eigenvalue weighted by atomic mass is 9.78. The molecule has 22 heteroatoms. The van der Waals surface area contributed by atoms with Crippen molar-refractivity contribution in [3.05, 3.63) is 114 Å². The number of cyclic esters (lactones) is 2. The van der Waals surface area contributed by atoms with Gasteiger partial charge in [0.1, 0.15) is 35.5 Å². The minimum absolute atomic E-state index is 0.184. The zero-order valence-electron chi connectivity index (χ0n) is 36.9. The number of amides is 2. The van der Waals surface area contributed by atoms with Gasteiger partial charge < -0.3 is 39.6 Å². The van der Waals surface area contributed by atoms with Crippen LogP contribution >= 0.6 is 15.9 Å². The molecule has 0 radical (unpaired) electrons. The van der Waals surface area contributed by atoms with Crippen LogP contribution in [0.3, 0.4) is 0 Å². The van der Waals surface area contributed by atoms with Crippen LogP contribution in [0, 0.1) is 11.6 Å². The van der Waals surface area contributed by atoms with Crippen LogP contribution < -0.4 is 25.9 Å². The molecule has 3 aliphatic rings. The Morgan fingerprint density at radius 3 is 1.61 bits per heavy atom. The van der Waals surface area contributed by atoms with Crippen LogP contribution in [0.2, 0.25) is 0 Å². The lowest BCUT2D eigenvalue weighted by Gasteiger charge is -2.32. The topological polar surface area (TPSA) is 203 Å². The molecule has 0 unspecified atom stereocenters. The van der Waals surface area contributed by atoms with E-state index in [0.29, 0.717) is 34.1 Å². The van der Waals surface area contributed by atoms with E-state index in [1.54, 1.807) is 58.2 Å². The molecule has 0 spiro atoms. The highest BCUT2D eigenvalue weighted by Crippen LogP contribution is 2.37. The van der Waals surface area contributed by atoms with Gasteiger partial charge in [-0.1, -0.05) is 6.07 Å². The molecule has 3 saturated heterocycles. The molecule has 9 rings (SSSR count). The van der Waals surface area contributed by atoms with Gasteiger partial charge >= 0.3 is 19.3 Å². The smallest absolute Gasteiger partial charge is 0.441 e. The Labute approximate surface area is 387 Å². The number of aliphatic hydroxyl groups excluding tert-OH is 2. The highest BCUT2D eigenvalue weighted by atomic mass is 79.9. The van der Waals surface area contributed by atoms with Gasteiger partial charge in [0.15, 0.2) is 11.6 Å². The van der Waals surface area contributed by atoms with Crippen molar-refractivity contribution in [3.8, 4) is 11.1 Å². The second-order valence-electron chi connectivity index (χ2n) is 16.3. The first-order valence-corrected chi connectivity index (χ1v) is 21.4. The average Bonchev–Trinajstić information content (AvgIpc) is 4.11. The summed E-state index contributed by atoms with van der Waals surface area (Å²) in [6, 6.07) is 19.9. The maximum Gasteiger partial charge on any atom is 0.497 e. The van der Waals surface area contributed by atoms with E-state index < -0.39 is 54.3 Å². The van der Waals surface area contributed by atoms with Crippen molar-refractivity contribution in [2.45, 2.75) is 51.1 Å². The molecule has 3 aliphatic heterocycles. The van der Waals surface area contributed by atoms with Crippen LogP contribution in [0.5, 0.6) is 0 Å². The third-order valence-corrected chi connectivity index (χ3v) is 11.4. The Morgan fingerprint density at radius 1 is 0.697 bits per heavy atom. The molecule has 18 nitrogen and oxygen atoms in total. The van der Waals surface area contributed by atoms with Crippen molar-refractivity contribution < 1.29 is 47.4 Å². The van der Waals surface area contributed by atoms with Crippen molar-refractivity contribution in [2.75, 3.05) is 46.7 Å². The second kappa shape index (κ2) is 20.0. The fourth-order valence-electron chi connectivity index (χ4n) is 6.71. The molecule has 4 aromatic heterocycles. The van der Waals surface area contributed by atoms with Crippen molar-refractivity contribution in [1.29, 1.82) is 0 Å². The van der Waals surface area contributed by atoms with Gasteiger partial charge in [0.2, 0.25) is 0 Å². The second-order valence-corrected chi connectivity index (χ2v) is 17.3. The highest BCUT2D eigenvalue weighted by molar-refractivity contribution is 9.10. The number of aliphatic hydroxyl groups is 2. The van der Waals surface area contributed by atoms with Crippen molar-refractivity contribution in [2.24, 2.45) is 14.1 Å². The van der Waals surface area contributed by atoms with Gasteiger partial charge in [-0.05, 0) is 98.2 Å². The summed E-state index contributed by atoms with van der Waals surface area (Å²) >= 11 is 3.32. The van der Waals surface area contributed by atoms with E-state index in [1.165, 1.54) is 21.9 Å². The van der Waals surface area contributed by atoms with Crippen LogP contribution in [-0.4, -0.2) is 109 Å². The van der Waals surface area contributed by atoms with Crippen LogP contribution in [0.4, 0.5) is 53.0 Å². The monoisotopic (exact) mass is 972 g/mol. The van der Waals surface area contributed by atoms with E-state index in [-0.39, 0.29) is 31.8 Å². The van der Waals surface area contributed by atoms with Crippen molar-refractivity contribution >= 4 is 75.3 Å². The number of benzene rings is 2. The number of carbonyl (C=O) groups excluding carboxylic acids is 2. The van der Waals surface area contributed by atoms with Crippen LogP contribution in [-0.2, 0) is 32.9 Å². The first-order chi connectivity index (χ1) is 31.4. The first kappa shape index (κ1) is 47.5. The Balaban J connectivity index is 0.000000155. The number of aromatic nitrogens is 6. The fourth-order valence-corrected chi connectivity index (χ4v) is 6.94. The van der Waals surface area contributed by atoms with Gasteiger partial charge in [-0.25, -0.2) is 28.3 Å². The van der Waals surface area contributed by atoms with Crippen LogP contribution in [0.25, 0.3) is 11.1 Å². The molecular formula is C44H48BBrF2N10O8. The number of halogens is 3. The third-order valence-electron chi connectivity index (χ3n) is 11.0. The zero-order chi connectivity index (χ0) is 47.3. The first-order valence-electron chi connectivity index (χ1n) is 20.7. The number of ether oxygens (including phenoxy) is 2. The summed E-state index contributed by atoms with van der Waals surface area (Å²) in [5.74, 6) is 1.83. The van der Waals surface area contributed by atoms with Gasteiger partial charge in [0.25, 0.3) is 0 Å². The Hall–Kier alpha value is -6.46. The normalized spacial score (nSPS) is 18.3. The quantitative estimate of drug-likeness (QED) is 0.109. The molecule has 66 heavy (non-hydrogen) atoms. The largest absolute Gasteiger partial charge is 0.497 e. The van der Waals surface area contributed by atoms with Crippen molar-refractivity contribution in [3.63, 3.8) is 0 Å². The molecule has 0 aliphatic carbocycles. The highest BCUT2D eigenvalue weighted by Gasteiger charge is 2.52. The lowest BCUT2D eigenvalue weighted by molar-refractivity contribution is 0.00578. The summed E-state index contributed by atoms with van der Waals surface area (Å²) in [5, 5.41) is 32.7. The molecule has 4 N–H and O–H groups in total. The lowest BCUT2D eigenvalue weighted by Crippen LogP contribution is -2.41. The van der Waals surface area contributed by atoms with E-state index in [4.69, 9.17) is 29.0 Å². The van der Waals surface area contributed by atoms with E-state index in [9.17, 15) is 18.4 Å². The van der Waals surface area contributed by atoms with Gasteiger partial charge in [-0.3, -0.25) is 19.2 Å². The number of nitrogens with one attached hydrogen (secondary N) is 2. The van der Waals surface area contributed by atoms with E-state index in [1.807, 2.05) is 78.4 Å². The summed E-state index contributed by atoms with van der Waals surface area (Å²) in [4.78, 5) is 34.7. The number of hydrogen-bond acceptors (Lipinski definition) is 14. The molecule has 0 bridgehead atoms. The molecule has 3 fully saturated rings. The number of anilines is 6. The number of carbonyl (C=O) groups is 2. The fraction of sp³-hybridized carbons (Fsp3) is 0.318. The third kappa shape index (κ3) is 11.1. The number of nitrogens with zero attached hydrogens (tertiary/aromatic N) is 8. The molecule has 6 aromatic rings. The maximum absolute atomic E-state index is 14.7. The van der Waals surface area contributed by atoms with E-state index >= 15 is 0 Å². The van der Waals surface area contributed by atoms with Crippen LogP contribution in [0.15, 0.2) is 102 Å². The molecule has 0 saturated carbocycles. The molecule has 2 atom stereocenters.